The Labute approximate surface area is 169 Å². The molecule has 0 unspecified atom stereocenters. The minimum atomic E-state index is -3.57. The maximum Gasteiger partial charge on any atom is 0.407 e. The molecule has 0 aliphatic heterocycles. The second-order valence-electron chi connectivity index (χ2n) is 6.85. The average molecular weight is 470 g/mol. The number of hydrogen-bond acceptors (Lipinski definition) is 4. The Morgan fingerprint density at radius 3 is 2.54 bits per heavy atom. The summed E-state index contributed by atoms with van der Waals surface area (Å²) < 4.78 is 31.7. The number of hydrogen-bond donors (Lipinski definition) is 1. The van der Waals surface area contributed by atoms with Gasteiger partial charge in [0.1, 0.15) is 5.60 Å². The zero-order valence-corrected chi connectivity index (χ0v) is 18.7. The van der Waals surface area contributed by atoms with Crippen molar-refractivity contribution in [2.75, 3.05) is 20.1 Å². The molecule has 0 heterocycles. The summed E-state index contributed by atoms with van der Waals surface area (Å²) in [5, 5.41) is 3.66. The standard InChI is InChI=1S/C17H26BrClN2O4S/c1-17(2,3)25-16(22)20-9-5-6-10-21(4)26(23,24)14-7-8-15(19)13(11-14)12-18/h7-8,11H,5-6,9-10,12H2,1-4H3,(H,20,22). The van der Waals surface area contributed by atoms with E-state index in [1.165, 1.54) is 10.4 Å². The molecule has 0 saturated heterocycles. The topological polar surface area (TPSA) is 75.7 Å². The van der Waals surface area contributed by atoms with Gasteiger partial charge in [-0.25, -0.2) is 17.5 Å². The molecule has 0 aromatic heterocycles. The first-order chi connectivity index (χ1) is 12.0. The Balaban J connectivity index is 2.49. The predicted molar refractivity (Wildman–Crippen MR) is 107 cm³/mol. The van der Waals surface area contributed by atoms with Crippen LogP contribution in [-0.2, 0) is 20.1 Å². The fraction of sp³-hybridized carbons (Fsp3) is 0.588. The van der Waals surface area contributed by atoms with E-state index in [9.17, 15) is 13.2 Å². The molecule has 0 aliphatic carbocycles. The Morgan fingerprint density at radius 1 is 1.31 bits per heavy atom. The van der Waals surface area contributed by atoms with Crippen molar-refractivity contribution in [3.05, 3.63) is 28.8 Å². The van der Waals surface area contributed by atoms with Crippen LogP contribution in [0.1, 0.15) is 39.2 Å². The van der Waals surface area contributed by atoms with Gasteiger partial charge in [-0.2, -0.15) is 0 Å². The fourth-order valence-electron chi connectivity index (χ4n) is 2.08. The van der Waals surface area contributed by atoms with Crippen LogP contribution in [0.2, 0.25) is 5.02 Å². The lowest BCUT2D eigenvalue weighted by Crippen LogP contribution is -2.33. The van der Waals surface area contributed by atoms with Gasteiger partial charge in [-0.3, -0.25) is 0 Å². The van der Waals surface area contributed by atoms with E-state index < -0.39 is 21.7 Å². The van der Waals surface area contributed by atoms with Crippen LogP contribution in [0, 0.1) is 0 Å². The number of alkyl carbamates (subject to hydrolysis) is 1. The summed E-state index contributed by atoms with van der Waals surface area (Å²) in [7, 11) is -2.03. The van der Waals surface area contributed by atoms with Gasteiger partial charge in [0, 0.05) is 30.5 Å². The van der Waals surface area contributed by atoms with E-state index in [0.717, 1.165) is 5.56 Å². The monoisotopic (exact) mass is 468 g/mol. The van der Waals surface area contributed by atoms with Crippen LogP contribution in [0.4, 0.5) is 4.79 Å². The largest absolute Gasteiger partial charge is 0.444 e. The number of halogens is 2. The van der Waals surface area contributed by atoms with E-state index in [1.807, 2.05) is 0 Å². The van der Waals surface area contributed by atoms with Crippen LogP contribution in [0.3, 0.4) is 0 Å². The number of carbonyl (C=O) groups excluding carboxylic acids is 1. The van der Waals surface area contributed by atoms with Crippen molar-refractivity contribution in [1.29, 1.82) is 0 Å². The predicted octanol–water partition coefficient (Wildman–Crippen LogP) is 4.16. The lowest BCUT2D eigenvalue weighted by Gasteiger charge is -2.20. The maximum atomic E-state index is 12.6. The fourth-order valence-corrected chi connectivity index (χ4v) is 4.15. The zero-order valence-electron chi connectivity index (χ0n) is 15.5. The number of nitrogens with zero attached hydrogens (tertiary/aromatic N) is 1. The van der Waals surface area contributed by atoms with Gasteiger partial charge in [-0.1, -0.05) is 27.5 Å². The van der Waals surface area contributed by atoms with Crippen molar-refractivity contribution in [3.63, 3.8) is 0 Å². The summed E-state index contributed by atoms with van der Waals surface area (Å²) in [6.45, 7) is 6.17. The Morgan fingerprint density at radius 2 is 1.96 bits per heavy atom. The first-order valence-corrected chi connectivity index (χ1v) is 11.2. The van der Waals surface area contributed by atoms with Crippen LogP contribution in [0.5, 0.6) is 0 Å². The van der Waals surface area contributed by atoms with Gasteiger partial charge < -0.3 is 10.1 Å². The van der Waals surface area contributed by atoms with Gasteiger partial charge in [-0.05, 0) is 57.4 Å². The normalized spacial score (nSPS) is 12.3. The van der Waals surface area contributed by atoms with Crippen molar-refractivity contribution < 1.29 is 17.9 Å². The minimum absolute atomic E-state index is 0.214. The first-order valence-electron chi connectivity index (χ1n) is 8.25. The summed E-state index contributed by atoms with van der Waals surface area (Å²) in [6, 6.07) is 4.67. The van der Waals surface area contributed by atoms with Crippen LogP contribution < -0.4 is 5.32 Å². The highest BCUT2D eigenvalue weighted by Gasteiger charge is 2.21. The third-order valence-corrected chi connectivity index (χ3v) is 6.26. The van der Waals surface area contributed by atoms with E-state index in [1.54, 1.807) is 40.0 Å². The number of carbonyl (C=O) groups is 1. The lowest BCUT2D eigenvalue weighted by atomic mass is 10.2. The van der Waals surface area contributed by atoms with Gasteiger partial charge in [-0.15, -0.1) is 0 Å². The van der Waals surface area contributed by atoms with Crippen molar-refractivity contribution in [2.24, 2.45) is 0 Å². The quantitative estimate of drug-likeness (QED) is 0.458. The molecule has 26 heavy (non-hydrogen) atoms. The van der Waals surface area contributed by atoms with Crippen LogP contribution >= 0.6 is 27.5 Å². The number of nitrogens with one attached hydrogen (secondary N) is 1. The van der Waals surface area contributed by atoms with Crippen molar-refractivity contribution >= 4 is 43.6 Å². The van der Waals surface area contributed by atoms with Crippen LogP contribution in [0.15, 0.2) is 23.1 Å². The number of sulfonamides is 1. The van der Waals surface area contributed by atoms with Gasteiger partial charge in [0.25, 0.3) is 0 Å². The van der Waals surface area contributed by atoms with E-state index in [4.69, 9.17) is 16.3 Å². The molecule has 148 valence electrons. The van der Waals surface area contributed by atoms with Crippen LogP contribution in [-0.4, -0.2) is 44.6 Å². The number of unbranched alkanes of at least 4 members (excludes halogenated alkanes) is 1. The van der Waals surface area contributed by atoms with E-state index in [-0.39, 0.29) is 4.90 Å². The number of alkyl halides is 1. The third kappa shape index (κ3) is 7.42. The Bertz CT molecular complexity index is 720. The Hall–Kier alpha value is -0.830. The van der Waals surface area contributed by atoms with Gasteiger partial charge >= 0.3 is 6.09 Å². The molecule has 0 spiro atoms. The molecule has 0 atom stereocenters. The third-order valence-electron chi connectivity index (χ3n) is 3.44. The molecule has 1 N–H and O–H groups in total. The molecule has 6 nitrogen and oxygen atoms in total. The van der Waals surface area contributed by atoms with Gasteiger partial charge in [0.2, 0.25) is 10.0 Å². The molecule has 0 bridgehead atoms. The van der Waals surface area contributed by atoms with E-state index in [2.05, 4.69) is 21.2 Å². The van der Waals surface area contributed by atoms with Gasteiger partial charge in [0.15, 0.2) is 0 Å². The molecule has 1 rings (SSSR count). The molecule has 0 fully saturated rings. The number of rotatable bonds is 8. The summed E-state index contributed by atoms with van der Waals surface area (Å²) in [4.78, 5) is 11.7. The molecule has 9 heteroatoms. The second kappa shape index (κ2) is 9.92. The number of ether oxygens (including phenoxy) is 1. The van der Waals surface area contributed by atoms with E-state index in [0.29, 0.717) is 36.3 Å². The molecular formula is C17H26BrClN2O4S. The maximum absolute atomic E-state index is 12.6. The molecule has 1 aromatic rings. The Kier molecular flexibility index (Phi) is 8.85. The summed E-state index contributed by atoms with van der Waals surface area (Å²) in [5.41, 5.74) is 0.188. The smallest absolute Gasteiger partial charge is 0.407 e. The van der Waals surface area contributed by atoms with Crippen LogP contribution in [0.25, 0.3) is 0 Å². The molecule has 0 aliphatic rings. The highest BCUT2D eigenvalue weighted by molar-refractivity contribution is 9.08. The SMILES string of the molecule is CN(CCCCNC(=O)OC(C)(C)C)S(=O)(=O)c1ccc(Cl)c(CBr)c1. The summed E-state index contributed by atoms with van der Waals surface area (Å²) in [6.07, 6.45) is 0.790. The first kappa shape index (κ1) is 23.2. The highest BCUT2D eigenvalue weighted by Crippen LogP contribution is 2.24. The van der Waals surface area contributed by atoms with Crippen molar-refractivity contribution in [1.82, 2.24) is 9.62 Å². The second-order valence-corrected chi connectivity index (χ2v) is 9.86. The molecule has 0 radical (unpaired) electrons. The molecule has 0 saturated carbocycles. The zero-order chi connectivity index (χ0) is 20.0. The van der Waals surface area contributed by atoms with Crippen molar-refractivity contribution in [2.45, 2.75) is 49.4 Å². The summed E-state index contributed by atoms with van der Waals surface area (Å²) >= 11 is 9.32. The van der Waals surface area contributed by atoms with E-state index >= 15 is 0 Å². The number of benzene rings is 1. The molecular weight excluding hydrogens is 444 g/mol. The molecule has 1 aromatic carbocycles. The van der Waals surface area contributed by atoms with Crippen molar-refractivity contribution in [3.8, 4) is 0 Å². The van der Waals surface area contributed by atoms with Gasteiger partial charge in [0.05, 0.1) is 4.90 Å². The summed E-state index contributed by atoms with van der Waals surface area (Å²) in [5.74, 6) is 0. The number of amides is 1. The highest BCUT2D eigenvalue weighted by atomic mass is 79.9. The average Bonchev–Trinajstić information content (AvgIpc) is 2.52. The lowest BCUT2D eigenvalue weighted by molar-refractivity contribution is 0.0527. The minimum Gasteiger partial charge on any atom is -0.444 e. The molecule has 1 amide bonds.